The van der Waals surface area contributed by atoms with Crippen LogP contribution in [0.5, 0.6) is 0 Å². The van der Waals surface area contributed by atoms with Gasteiger partial charge in [0, 0.05) is 24.3 Å². The standard InChI is InChI=1S/C13H12N2O4/c16-11-4-7-3-9(1-2-10(7)14-11)15-6-8(13(18)19)5-12(15)17/h1-3,8H,4-6H2,(H,14,16)(H,18,19). The molecule has 2 aliphatic heterocycles. The predicted octanol–water partition coefficient (Wildman–Crippen LogP) is 0.619. The summed E-state index contributed by atoms with van der Waals surface area (Å²) in [6.45, 7) is 0.189. The average molecular weight is 260 g/mol. The van der Waals surface area contributed by atoms with Crippen molar-refractivity contribution in [3.05, 3.63) is 23.8 Å². The molecule has 2 heterocycles. The second kappa shape index (κ2) is 4.08. The van der Waals surface area contributed by atoms with Crippen molar-refractivity contribution < 1.29 is 19.5 Å². The SMILES string of the molecule is O=C1Cc2cc(N3CC(C(=O)O)CC3=O)ccc2N1. The van der Waals surface area contributed by atoms with E-state index in [0.29, 0.717) is 12.1 Å². The van der Waals surface area contributed by atoms with Gasteiger partial charge in [-0.3, -0.25) is 14.4 Å². The quantitative estimate of drug-likeness (QED) is 0.816. The number of nitrogens with zero attached hydrogens (tertiary/aromatic N) is 1. The Morgan fingerprint density at radius 2 is 2.16 bits per heavy atom. The van der Waals surface area contributed by atoms with Crippen LogP contribution in [-0.2, 0) is 20.8 Å². The van der Waals surface area contributed by atoms with Gasteiger partial charge in [-0.15, -0.1) is 0 Å². The topological polar surface area (TPSA) is 86.7 Å². The zero-order chi connectivity index (χ0) is 13.6. The molecule has 0 aromatic heterocycles. The third kappa shape index (κ3) is 1.95. The minimum atomic E-state index is -0.950. The fourth-order valence-corrected chi connectivity index (χ4v) is 2.51. The van der Waals surface area contributed by atoms with Gasteiger partial charge in [-0.1, -0.05) is 0 Å². The van der Waals surface area contributed by atoms with Crippen molar-refractivity contribution in [2.24, 2.45) is 5.92 Å². The van der Waals surface area contributed by atoms with E-state index in [1.54, 1.807) is 18.2 Å². The molecule has 0 aliphatic carbocycles. The van der Waals surface area contributed by atoms with Crippen LogP contribution in [0.4, 0.5) is 11.4 Å². The predicted molar refractivity (Wildman–Crippen MR) is 66.9 cm³/mol. The molecule has 1 aromatic carbocycles. The monoisotopic (exact) mass is 260 g/mol. The van der Waals surface area contributed by atoms with Gasteiger partial charge in [-0.05, 0) is 23.8 Å². The van der Waals surface area contributed by atoms with Gasteiger partial charge in [-0.25, -0.2) is 0 Å². The third-order valence-electron chi connectivity index (χ3n) is 3.50. The van der Waals surface area contributed by atoms with Gasteiger partial charge in [0.25, 0.3) is 0 Å². The number of fused-ring (bicyclic) bond motifs is 1. The van der Waals surface area contributed by atoms with Crippen molar-refractivity contribution in [1.29, 1.82) is 0 Å². The maximum atomic E-state index is 11.8. The third-order valence-corrected chi connectivity index (χ3v) is 3.50. The number of carboxylic acids is 1. The normalized spacial score (nSPS) is 21.5. The molecular formula is C13H12N2O4. The zero-order valence-corrected chi connectivity index (χ0v) is 10.0. The smallest absolute Gasteiger partial charge is 0.308 e. The van der Waals surface area contributed by atoms with Crippen molar-refractivity contribution in [2.45, 2.75) is 12.8 Å². The molecule has 3 rings (SSSR count). The highest BCUT2D eigenvalue weighted by Crippen LogP contribution is 2.31. The summed E-state index contributed by atoms with van der Waals surface area (Å²) in [7, 11) is 0. The van der Waals surface area contributed by atoms with Gasteiger partial charge >= 0.3 is 5.97 Å². The van der Waals surface area contributed by atoms with Gasteiger partial charge in [-0.2, -0.15) is 0 Å². The highest BCUT2D eigenvalue weighted by Gasteiger charge is 2.35. The summed E-state index contributed by atoms with van der Waals surface area (Å²) in [6.07, 6.45) is 0.331. The lowest BCUT2D eigenvalue weighted by Gasteiger charge is -2.17. The van der Waals surface area contributed by atoms with Crippen LogP contribution >= 0.6 is 0 Å². The van der Waals surface area contributed by atoms with Crippen LogP contribution < -0.4 is 10.2 Å². The molecule has 0 spiro atoms. The first-order valence-corrected chi connectivity index (χ1v) is 6.00. The molecule has 1 atom stereocenters. The summed E-state index contributed by atoms with van der Waals surface area (Å²) in [5.74, 6) is -1.86. The number of hydrogen-bond donors (Lipinski definition) is 2. The number of carbonyl (C=O) groups excluding carboxylic acids is 2. The Balaban J connectivity index is 1.88. The maximum Gasteiger partial charge on any atom is 0.308 e. The maximum absolute atomic E-state index is 11.8. The second-order valence-electron chi connectivity index (χ2n) is 4.81. The number of carboxylic acid groups (broad SMARTS) is 1. The van der Waals surface area contributed by atoms with Gasteiger partial charge in [0.15, 0.2) is 0 Å². The molecule has 1 fully saturated rings. The number of amides is 2. The van der Waals surface area contributed by atoms with Crippen LogP contribution in [-0.4, -0.2) is 29.4 Å². The fourth-order valence-electron chi connectivity index (χ4n) is 2.51. The van der Waals surface area contributed by atoms with E-state index in [1.165, 1.54) is 4.90 Å². The Morgan fingerprint density at radius 3 is 2.84 bits per heavy atom. The van der Waals surface area contributed by atoms with E-state index in [4.69, 9.17) is 5.11 Å². The molecule has 2 aliphatic rings. The minimum absolute atomic E-state index is 0.0313. The number of nitrogens with one attached hydrogen (secondary N) is 1. The van der Waals surface area contributed by atoms with Crippen molar-refractivity contribution >= 4 is 29.2 Å². The van der Waals surface area contributed by atoms with Crippen molar-refractivity contribution in [1.82, 2.24) is 0 Å². The molecule has 0 radical (unpaired) electrons. The molecule has 98 valence electrons. The Kier molecular flexibility index (Phi) is 2.51. The van der Waals surface area contributed by atoms with Gasteiger partial charge in [0.05, 0.1) is 12.3 Å². The Hall–Kier alpha value is -2.37. The number of anilines is 2. The summed E-state index contributed by atoms with van der Waals surface area (Å²) in [4.78, 5) is 35.5. The molecule has 0 saturated carbocycles. The first-order chi connectivity index (χ1) is 9.04. The lowest BCUT2D eigenvalue weighted by Crippen LogP contribution is -2.25. The second-order valence-corrected chi connectivity index (χ2v) is 4.81. The molecule has 19 heavy (non-hydrogen) atoms. The summed E-state index contributed by atoms with van der Waals surface area (Å²) < 4.78 is 0. The van der Waals surface area contributed by atoms with E-state index in [-0.39, 0.29) is 24.8 Å². The van der Waals surface area contributed by atoms with E-state index >= 15 is 0 Å². The summed E-state index contributed by atoms with van der Waals surface area (Å²) in [5.41, 5.74) is 2.26. The van der Waals surface area contributed by atoms with Crippen LogP contribution in [0.25, 0.3) is 0 Å². The van der Waals surface area contributed by atoms with Gasteiger partial charge in [0.2, 0.25) is 11.8 Å². The van der Waals surface area contributed by atoms with Crippen molar-refractivity contribution in [2.75, 3.05) is 16.8 Å². The molecule has 1 unspecified atom stereocenters. The molecule has 6 heteroatoms. The lowest BCUT2D eigenvalue weighted by molar-refractivity contribution is -0.141. The molecule has 1 saturated heterocycles. The summed E-state index contributed by atoms with van der Waals surface area (Å²) in [5, 5.41) is 11.7. The van der Waals surface area contributed by atoms with E-state index in [2.05, 4.69) is 5.32 Å². The number of hydrogen-bond acceptors (Lipinski definition) is 3. The van der Waals surface area contributed by atoms with Gasteiger partial charge in [0.1, 0.15) is 0 Å². The van der Waals surface area contributed by atoms with Crippen LogP contribution in [0.2, 0.25) is 0 Å². The largest absolute Gasteiger partial charge is 0.481 e. The first kappa shape index (κ1) is 11.7. The average Bonchev–Trinajstić information content (AvgIpc) is 2.90. The Labute approximate surface area is 109 Å². The number of benzene rings is 1. The molecule has 2 N–H and O–H groups in total. The fraction of sp³-hybridized carbons (Fsp3) is 0.308. The molecule has 2 amide bonds. The van der Waals surface area contributed by atoms with Crippen LogP contribution in [0.3, 0.4) is 0 Å². The number of carbonyl (C=O) groups is 3. The Morgan fingerprint density at radius 1 is 1.37 bits per heavy atom. The molecule has 1 aromatic rings. The van der Waals surface area contributed by atoms with Crippen molar-refractivity contribution in [3.8, 4) is 0 Å². The lowest BCUT2D eigenvalue weighted by atomic mass is 10.1. The highest BCUT2D eigenvalue weighted by atomic mass is 16.4. The zero-order valence-electron chi connectivity index (χ0n) is 10.0. The molecule has 6 nitrogen and oxygen atoms in total. The van der Waals surface area contributed by atoms with Crippen LogP contribution in [0.1, 0.15) is 12.0 Å². The van der Waals surface area contributed by atoms with Crippen LogP contribution in [0.15, 0.2) is 18.2 Å². The van der Waals surface area contributed by atoms with Crippen LogP contribution in [0, 0.1) is 5.92 Å². The van der Waals surface area contributed by atoms with Crippen molar-refractivity contribution in [3.63, 3.8) is 0 Å². The molecule has 0 bridgehead atoms. The van der Waals surface area contributed by atoms with Gasteiger partial charge < -0.3 is 15.3 Å². The Bertz CT molecular complexity index is 596. The number of rotatable bonds is 2. The summed E-state index contributed by atoms with van der Waals surface area (Å²) in [6, 6.07) is 5.25. The van der Waals surface area contributed by atoms with E-state index < -0.39 is 11.9 Å². The van der Waals surface area contributed by atoms with E-state index in [1.807, 2.05) is 0 Å². The highest BCUT2D eigenvalue weighted by molar-refractivity contribution is 6.02. The van der Waals surface area contributed by atoms with E-state index in [9.17, 15) is 14.4 Å². The number of aliphatic carboxylic acids is 1. The minimum Gasteiger partial charge on any atom is -0.481 e. The first-order valence-electron chi connectivity index (χ1n) is 6.00. The summed E-state index contributed by atoms with van der Waals surface area (Å²) >= 11 is 0. The van der Waals surface area contributed by atoms with E-state index in [0.717, 1.165) is 11.3 Å². The molecular weight excluding hydrogens is 248 g/mol.